The second kappa shape index (κ2) is 6.53. The average Bonchev–Trinajstić information content (AvgIpc) is 2.71. The van der Waals surface area contributed by atoms with Gasteiger partial charge in [0.2, 0.25) is 0 Å². The molecule has 0 unspecified atom stereocenters. The molecule has 0 saturated carbocycles. The van der Waals surface area contributed by atoms with Gasteiger partial charge in [-0.2, -0.15) is 0 Å². The van der Waals surface area contributed by atoms with Crippen molar-refractivity contribution in [1.82, 2.24) is 19.8 Å². The van der Waals surface area contributed by atoms with Gasteiger partial charge in [0.05, 0.1) is 12.0 Å². The zero-order chi connectivity index (χ0) is 13.8. The van der Waals surface area contributed by atoms with Gasteiger partial charge in [-0.3, -0.25) is 0 Å². The van der Waals surface area contributed by atoms with E-state index in [-0.39, 0.29) is 0 Å². The number of rotatable bonds is 5. The van der Waals surface area contributed by atoms with Crippen molar-refractivity contribution in [3.63, 3.8) is 0 Å². The summed E-state index contributed by atoms with van der Waals surface area (Å²) in [6, 6.07) is 0.521. The molecule has 2 rings (SSSR count). The number of nitrogens with one attached hydrogen (secondary N) is 1. The van der Waals surface area contributed by atoms with Crippen LogP contribution in [0.2, 0.25) is 0 Å². The number of hydrogen-bond acceptors (Lipinski definition) is 3. The molecule has 1 fully saturated rings. The summed E-state index contributed by atoms with van der Waals surface area (Å²) in [6.07, 6.45) is 5.17. The molecule has 0 aromatic carbocycles. The van der Waals surface area contributed by atoms with E-state index in [0.717, 1.165) is 24.9 Å². The molecule has 1 saturated heterocycles. The molecule has 0 radical (unpaired) electrons. The molecule has 0 spiro atoms. The van der Waals surface area contributed by atoms with Gasteiger partial charge in [-0.1, -0.05) is 13.8 Å². The Bertz CT molecular complexity index is 377. The lowest BCUT2D eigenvalue weighted by Gasteiger charge is -2.36. The van der Waals surface area contributed by atoms with Crippen LogP contribution >= 0.6 is 0 Å². The molecular weight excluding hydrogens is 236 g/mol. The lowest BCUT2D eigenvalue weighted by Crippen LogP contribution is -2.45. The van der Waals surface area contributed by atoms with Crippen LogP contribution in [-0.4, -0.2) is 40.1 Å². The highest BCUT2D eigenvalue weighted by atomic mass is 15.2. The number of nitrogens with zero attached hydrogens (tertiary/aromatic N) is 3. The molecule has 1 N–H and O–H groups in total. The van der Waals surface area contributed by atoms with Crippen LogP contribution in [0.3, 0.4) is 0 Å². The predicted octanol–water partition coefficient (Wildman–Crippen LogP) is 1.88. The first-order valence-corrected chi connectivity index (χ1v) is 7.45. The van der Waals surface area contributed by atoms with E-state index in [1.807, 2.05) is 19.6 Å². The van der Waals surface area contributed by atoms with Crippen molar-refractivity contribution in [2.75, 3.05) is 19.6 Å². The molecule has 0 amide bonds. The SMILES string of the molecule is C[C@@H]1C[C@@H](C)CN(C[C@@H](C)NCc2cncn2C)C1. The Labute approximate surface area is 117 Å². The summed E-state index contributed by atoms with van der Waals surface area (Å²) in [6.45, 7) is 11.6. The highest BCUT2D eigenvalue weighted by Gasteiger charge is 2.22. The summed E-state index contributed by atoms with van der Waals surface area (Å²) in [5, 5.41) is 3.60. The molecule has 19 heavy (non-hydrogen) atoms. The van der Waals surface area contributed by atoms with Gasteiger partial charge in [0.15, 0.2) is 0 Å². The molecule has 1 aromatic heterocycles. The van der Waals surface area contributed by atoms with E-state index in [1.165, 1.54) is 25.2 Å². The quantitative estimate of drug-likeness (QED) is 0.881. The van der Waals surface area contributed by atoms with E-state index in [0.29, 0.717) is 6.04 Å². The van der Waals surface area contributed by atoms with Gasteiger partial charge in [0, 0.05) is 45.5 Å². The molecule has 108 valence electrons. The van der Waals surface area contributed by atoms with Crippen molar-refractivity contribution >= 4 is 0 Å². The number of aryl methyl sites for hydroxylation is 1. The standard InChI is InChI=1S/C15H28N4/c1-12-5-13(2)9-19(8-12)10-14(3)17-7-15-6-16-11-18(15)4/h6,11-14,17H,5,7-10H2,1-4H3/t12-,13-,14-/m1/s1. The number of likely N-dealkylation sites (tertiary alicyclic amines) is 1. The zero-order valence-electron chi connectivity index (χ0n) is 12.8. The van der Waals surface area contributed by atoms with Crippen LogP contribution in [0.4, 0.5) is 0 Å². The van der Waals surface area contributed by atoms with Gasteiger partial charge in [0.1, 0.15) is 0 Å². The van der Waals surface area contributed by atoms with Crippen LogP contribution in [0, 0.1) is 11.8 Å². The number of aromatic nitrogens is 2. The van der Waals surface area contributed by atoms with Crippen molar-refractivity contribution in [3.05, 3.63) is 18.2 Å². The third-order valence-corrected chi connectivity index (χ3v) is 4.02. The first-order chi connectivity index (χ1) is 9.04. The summed E-state index contributed by atoms with van der Waals surface area (Å²) in [4.78, 5) is 6.76. The largest absolute Gasteiger partial charge is 0.337 e. The van der Waals surface area contributed by atoms with E-state index < -0.39 is 0 Å². The van der Waals surface area contributed by atoms with Gasteiger partial charge in [0.25, 0.3) is 0 Å². The molecule has 1 aliphatic heterocycles. The predicted molar refractivity (Wildman–Crippen MR) is 78.9 cm³/mol. The minimum absolute atomic E-state index is 0.521. The monoisotopic (exact) mass is 264 g/mol. The summed E-state index contributed by atoms with van der Waals surface area (Å²) in [7, 11) is 2.04. The van der Waals surface area contributed by atoms with Crippen LogP contribution in [0.25, 0.3) is 0 Å². The molecule has 0 bridgehead atoms. The molecular formula is C15H28N4. The number of piperidine rings is 1. The fourth-order valence-corrected chi connectivity index (χ4v) is 3.23. The second-order valence-electron chi connectivity index (χ2n) is 6.44. The lowest BCUT2D eigenvalue weighted by atomic mass is 9.92. The Hall–Kier alpha value is -0.870. The summed E-state index contributed by atoms with van der Waals surface area (Å²) in [5.74, 6) is 1.68. The summed E-state index contributed by atoms with van der Waals surface area (Å²) >= 11 is 0. The molecule has 3 atom stereocenters. The van der Waals surface area contributed by atoms with Crippen molar-refractivity contribution in [2.24, 2.45) is 18.9 Å². The first-order valence-electron chi connectivity index (χ1n) is 7.45. The van der Waals surface area contributed by atoms with Crippen LogP contribution in [-0.2, 0) is 13.6 Å². The van der Waals surface area contributed by atoms with Crippen LogP contribution in [0.15, 0.2) is 12.5 Å². The van der Waals surface area contributed by atoms with E-state index in [1.54, 1.807) is 0 Å². The molecule has 0 aliphatic carbocycles. The lowest BCUT2D eigenvalue weighted by molar-refractivity contribution is 0.130. The summed E-state index contributed by atoms with van der Waals surface area (Å²) < 4.78 is 2.07. The highest BCUT2D eigenvalue weighted by Crippen LogP contribution is 2.20. The topological polar surface area (TPSA) is 33.1 Å². The highest BCUT2D eigenvalue weighted by molar-refractivity contribution is 4.97. The van der Waals surface area contributed by atoms with Gasteiger partial charge < -0.3 is 14.8 Å². The maximum Gasteiger partial charge on any atom is 0.0945 e. The smallest absolute Gasteiger partial charge is 0.0945 e. The Morgan fingerprint density at radius 2 is 2.05 bits per heavy atom. The van der Waals surface area contributed by atoms with Crippen molar-refractivity contribution in [2.45, 2.75) is 39.8 Å². The molecule has 1 aliphatic rings. The Balaban J connectivity index is 1.75. The van der Waals surface area contributed by atoms with Crippen molar-refractivity contribution in [3.8, 4) is 0 Å². The summed E-state index contributed by atoms with van der Waals surface area (Å²) in [5.41, 5.74) is 1.24. The van der Waals surface area contributed by atoms with E-state index in [9.17, 15) is 0 Å². The first kappa shape index (κ1) is 14.5. The Morgan fingerprint density at radius 1 is 1.37 bits per heavy atom. The number of imidazole rings is 1. The van der Waals surface area contributed by atoms with Gasteiger partial charge >= 0.3 is 0 Å². The fourth-order valence-electron chi connectivity index (χ4n) is 3.23. The van der Waals surface area contributed by atoms with Crippen molar-refractivity contribution < 1.29 is 0 Å². The van der Waals surface area contributed by atoms with E-state index in [4.69, 9.17) is 0 Å². The van der Waals surface area contributed by atoms with Crippen LogP contribution in [0.1, 0.15) is 32.9 Å². The Morgan fingerprint density at radius 3 is 2.63 bits per heavy atom. The number of hydrogen-bond donors (Lipinski definition) is 1. The Kier molecular flexibility index (Phi) is 4.99. The zero-order valence-corrected chi connectivity index (χ0v) is 12.8. The van der Waals surface area contributed by atoms with E-state index in [2.05, 4.69) is 40.5 Å². The van der Waals surface area contributed by atoms with Gasteiger partial charge in [-0.25, -0.2) is 4.98 Å². The van der Waals surface area contributed by atoms with E-state index >= 15 is 0 Å². The maximum atomic E-state index is 4.15. The van der Waals surface area contributed by atoms with Crippen molar-refractivity contribution in [1.29, 1.82) is 0 Å². The molecule has 1 aromatic rings. The van der Waals surface area contributed by atoms with Crippen LogP contribution in [0.5, 0.6) is 0 Å². The molecule has 4 heteroatoms. The third kappa shape index (κ3) is 4.32. The minimum Gasteiger partial charge on any atom is -0.337 e. The maximum absolute atomic E-state index is 4.15. The normalized spacial score (nSPS) is 26.5. The molecule has 2 heterocycles. The minimum atomic E-state index is 0.521. The second-order valence-corrected chi connectivity index (χ2v) is 6.44. The average molecular weight is 264 g/mol. The third-order valence-electron chi connectivity index (χ3n) is 4.02. The fraction of sp³-hybridized carbons (Fsp3) is 0.800. The van der Waals surface area contributed by atoms with Gasteiger partial charge in [-0.05, 0) is 25.2 Å². The van der Waals surface area contributed by atoms with Crippen LogP contribution < -0.4 is 5.32 Å². The van der Waals surface area contributed by atoms with Gasteiger partial charge in [-0.15, -0.1) is 0 Å². The molecule has 4 nitrogen and oxygen atoms in total.